The highest BCUT2D eigenvalue weighted by atomic mass is 16.5. The normalized spacial score (nSPS) is 16.5. The highest BCUT2D eigenvalue weighted by molar-refractivity contribution is 5.83. The number of ether oxygens (including phenoxy) is 1. The third-order valence-corrected chi connectivity index (χ3v) is 6.23. The van der Waals surface area contributed by atoms with Gasteiger partial charge in [0.2, 0.25) is 5.91 Å². The second-order valence-electron chi connectivity index (χ2n) is 9.00. The second-order valence-corrected chi connectivity index (χ2v) is 9.00. The fourth-order valence-corrected chi connectivity index (χ4v) is 3.94. The average Bonchev–Trinajstić information content (AvgIpc) is 3.63. The molecule has 4 heteroatoms. The number of amides is 1. The Morgan fingerprint density at radius 2 is 1.74 bits per heavy atom. The zero-order valence-corrected chi connectivity index (χ0v) is 19.5. The molecule has 1 amide bonds. The first kappa shape index (κ1) is 23.3. The summed E-state index contributed by atoms with van der Waals surface area (Å²) in [5.74, 6) is 0.775. The van der Waals surface area contributed by atoms with E-state index in [4.69, 9.17) is 4.74 Å². The number of carbonyl (C=O) groups excluding carboxylic acids is 1. The van der Waals surface area contributed by atoms with Crippen LogP contribution < -0.4 is 10.1 Å². The van der Waals surface area contributed by atoms with Gasteiger partial charge in [-0.1, -0.05) is 62.2 Å². The Kier molecular flexibility index (Phi) is 8.53. The van der Waals surface area contributed by atoms with Crippen molar-refractivity contribution in [1.82, 2.24) is 10.2 Å². The molecule has 0 radical (unpaired) electrons. The molecule has 0 saturated heterocycles. The first-order chi connectivity index (χ1) is 15.0. The minimum absolute atomic E-state index is 0.0455. The van der Waals surface area contributed by atoms with Gasteiger partial charge < -0.3 is 15.0 Å². The van der Waals surface area contributed by atoms with Crippen LogP contribution in [0.3, 0.4) is 0 Å². The average molecular weight is 423 g/mol. The maximum Gasteiger partial charge on any atom is 0.227 e. The molecule has 2 aromatic carbocycles. The molecule has 1 aliphatic carbocycles. The van der Waals surface area contributed by atoms with E-state index in [0.717, 1.165) is 29.8 Å². The largest absolute Gasteiger partial charge is 0.491 e. The molecule has 2 aromatic rings. The van der Waals surface area contributed by atoms with Crippen LogP contribution in [0.15, 0.2) is 54.6 Å². The van der Waals surface area contributed by atoms with Crippen molar-refractivity contribution in [2.24, 2.45) is 0 Å². The summed E-state index contributed by atoms with van der Waals surface area (Å²) in [5, 5.41) is 3.31. The Bertz CT molecular complexity index is 802. The summed E-state index contributed by atoms with van der Waals surface area (Å²) in [4.78, 5) is 15.4. The number of nitrogens with zero attached hydrogens (tertiary/aromatic N) is 1. The molecule has 168 valence electrons. The molecule has 0 bridgehead atoms. The van der Waals surface area contributed by atoms with Crippen molar-refractivity contribution in [3.05, 3.63) is 65.7 Å². The minimum Gasteiger partial charge on any atom is -0.491 e. The molecular formula is C27H38N2O2. The number of likely N-dealkylation sites (N-methyl/N-ethyl adjacent to an activating group) is 1. The molecule has 0 aliphatic heterocycles. The Morgan fingerprint density at radius 3 is 2.35 bits per heavy atom. The van der Waals surface area contributed by atoms with E-state index in [-0.39, 0.29) is 24.0 Å². The van der Waals surface area contributed by atoms with Crippen LogP contribution in [0.1, 0.15) is 76.0 Å². The van der Waals surface area contributed by atoms with Crippen LogP contribution >= 0.6 is 0 Å². The van der Waals surface area contributed by atoms with E-state index in [1.54, 1.807) is 0 Å². The van der Waals surface area contributed by atoms with Crippen LogP contribution in [0.25, 0.3) is 0 Å². The molecule has 1 aliphatic rings. The van der Waals surface area contributed by atoms with Crippen LogP contribution in [0.4, 0.5) is 0 Å². The summed E-state index contributed by atoms with van der Waals surface area (Å²) in [6.45, 7) is 7.11. The Labute approximate surface area is 188 Å². The van der Waals surface area contributed by atoms with Gasteiger partial charge in [-0.05, 0) is 63.4 Å². The topological polar surface area (TPSA) is 41.6 Å². The van der Waals surface area contributed by atoms with Crippen LogP contribution in [-0.2, 0) is 4.79 Å². The standard InChI is InChI=1S/C27H38N2O2/c1-5-6-10-20(2)31-25-17-13-23(14-18-25)26(19-29(4)24-15-16-24)28-27(30)21(3)22-11-8-7-9-12-22/h7-9,11-14,17-18,20-21,24,26H,5-6,10,15-16,19H2,1-4H3,(H,28,30). The molecule has 3 rings (SSSR count). The van der Waals surface area contributed by atoms with Gasteiger partial charge in [-0.25, -0.2) is 0 Å². The number of hydrogen-bond acceptors (Lipinski definition) is 3. The summed E-state index contributed by atoms with van der Waals surface area (Å²) >= 11 is 0. The summed E-state index contributed by atoms with van der Waals surface area (Å²) in [5.41, 5.74) is 2.16. The first-order valence-corrected chi connectivity index (χ1v) is 11.8. The van der Waals surface area contributed by atoms with Gasteiger partial charge in [0.1, 0.15) is 5.75 Å². The molecule has 3 unspecified atom stereocenters. The van der Waals surface area contributed by atoms with E-state index in [1.807, 2.05) is 49.4 Å². The van der Waals surface area contributed by atoms with Crippen LogP contribution in [-0.4, -0.2) is 36.5 Å². The van der Waals surface area contributed by atoms with E-state index in [9.17, 15) is 4.79 Å². The lowest BCUT2D eigenvalue weighted by Gasteiger charge is -2.27. The van der Waals surface area contributed by atoms with Gasteiger partial charge in [0.25, 0.3) is 0 Å². The predicted molar refractivity (Wildman–Crippen MR) is 127 cm³/mol. The maximum atomic E-state index is 13.1. The van der Waals surface area contributed by atoms with Gasteiger partial charge in [-0.2, -0.15) is 0 Å². The van der Waals surface area contributed by atoms with E-state index in [0.29, 0.717) is 6.04 Å². The van der Waals surface area contributed by atoms with Crippen LogP contribution in [0.2, 0.25) is 0 Å². The van der Waals surface area contributed by atoms with E-state index in [1.165, 1.54) is 25.7 Å². The minimum atomic E-state index is -0.183. The van der Waals surface area contributed by atoms with Crippen molar-refractivity contribution in [3.8, 4) is 5.75 Å². The van der Waals surface area contributed by atoms with Gasteiger partial charge in [0.05, 0.1) is 18.1 Å². The number of rotatable bonds is 12. The summed E-state index contributed by atoms with van der Waals surface area (Å²) in [7, 11) is 2.16. The lowest BCUT2D eigenvalue weighted by atomic mass is 9.99. The molecule has 3 atom stereocenters. The van der Waals surface area contributed by atoms with Gasteiger partial charge in [-0.15, -0.1) is 0 Å². The summed E-state index contributed by atoms with van der Waals surface area (Å²) in [6.07, 6.45) is 6.15. The molecule has 1 N–H and O–H groups in total. The number of unbranched alkanes of at least 4 members (excludes halogenated alkanes) is 1. The van der Waals surface area contributed by atoms with Crippen LogP contribution in [0, 0.1) is 0 Å². The van der Waals surface area contributed by atoms with E-state index in [2.05, 4.69) is 43.2 Å². The fourth-order valence-electron chi connectivity index (χ4n) is 3.94. The molecule has 1 saturated carbocycles. The lowest BCUT2D eigenvalue weighted by Crippen LogP contribution is -2.39. The van der Waals surface area contributed by atoms with Gasteiger partial charge in [0.15, 0.2) is 0 Å². The van der Waals surface area contributed by atoms with Gasteiger partial charge in [-0.3, -0.25) is 4.79 Å². The van der Waals surface area contributed by atoms with E-state index >= 15 is 0 Å². The third-order valence-electron chi connectivity index (χ3n) is 6.23. The number of hydrogen-bond donors (Lipinski definition) is 1. The summed E-state index contributed by atoms with van der Waals surface area (Å²) < 4.78 is 6.06. The monoisotopic (exact) mass is 422 g/mol. The van der Waals surface area contributed by atoms with Crippen molar-refractivity contribution >= 4 is 5.91 Å². The smallest absolute Gasteiger partial charge is 0.227 e. The lowest BCUT2D eigenvalue weighted by molar-refractivity contribution is -0.123. The zero-order valence-electron chi connectivity index (χ0n) is 19.5. The van der Waals surface area contributed by atoms with Crippen molar-refractivity contribution in [3.63, 3.8) is 0 Å². The number of benzene rings is 2. The van der Waals surface area contributed by atoms with Gasteiger partial charge >= 0.3 is 0 Å². The summed E-state index contributed by atoms with van der Waals surface area (Å²) in [6, 6.07) is 18.8. The fraction of sp³-hybridized carbons (Fsp3) is 0.519. The SMILES string of the molecule is CCCCC(C)Oc1ccc(C(CN(C)C2CC2)NC(=O)C(C)c2ccccc2)cc1. The first-order valence-electron chi connectivity index (χ1n) is 11.8. The molecule has 0 spiro atoms. The quantitative estimate of drug-likeness (QED) is 0.477. The third kappa shape index (κ3) is 7.10. The molecule has 1 fully saturated rings. The Morgan fingerprint density at radius 1 is 1.06 bits per heavy atom. The molecule has 0 heterocycles. The molecule has 0 aromatic heterocycles. The highest BCUT2D eigenvalue weighted by Crippen LogP contribution is 2.28. The molecular weight excluding hydrogens is 384 g/mol. The second kappa shape index (κ2) is 11.3. The van der Waals surface area contributed by atoms with Crippen molar-refractivity contribution in [2.75, 3.05) is 13.6 Å². The van der Waals surface area contributed by atoms with Crippen LogP contribution in [0.5, 0.6) is 5.75 Å². The molecule has 4 nitrogen and oxygen atoms in total. The highest BCUT2D eigenvalue weighted by Gasteiger charge is 2.29. The van der Waals surface area contributed by atoms with Crippen molar-refractivity contribution in [2.45, 2.75) is 77.0 Å². The van der Waals surface area contributed by atoms with Crippen molar-refractivity contribution < 1.29 is 9.53 Å². The van der Waals surface area contributed by atoms with Crippen molar-refractivity contribution in [1.29, 1.82) is 0 Å². The maximum absolute atomic E-state index is 13.1. The Hall–Kier alpha value is -2.33. The van der Waals surface area contributed by atoms with Gasteiger partial charge in [0, 0.05) is 12.6 Å². The molecule has 31 heavy (non-hydrogen) atoms. The number of carbonyl (C=O) groups is 1. The predicted octanol–water partition coefficient (Wildman–Crippen LogP) is 5.70. The Balaban J connectivity index is 1.68. The van der Waals surface area contributed by atoms with E-state index < -0.39 is 0 Å². The zero-order chi connectivity index (χ0) is 22.2. The number of nitrogens with one attached hydrogen (secondary N) is 1.